The minimum atomic E-state index is -2.33. The van der Waals surface area contributed by atoms with Gasteiger partial charge in [-0.1, -0.05) is 64.7 Å². The van der Waals surface area contributed by atoms with Crippen LogP contribution in [-0.2, 0) is 0 Å². The van der Waals surface area contributed by atoms with Gasteiger partial charge in [-0.2, -0.15) is 12.6 Å². The average molecular weight is 302 g/mol. The van der Waals surface area contributed by atoms with Gasteiger partial charge < -0.3 is 15.0 Å². The van der Waals surface area contributed by atoms with Gasteiger partial charge in [0.1, 0.15) is 0 Å². The van der Waals surface area contributed by atoms with Crippen molar-refractivity contribution in [2.75, 3.05) is 5.75 Å². The zero-order valence-corrected chi connectivity index (χ0v) is 14.8. The molecule has 0 aliphatic carbocycles. The molecule has 0 fully saturated rings. The summed E-state index contributed by atoms with van der Waals surface area (Å²) in [5.41, 5.74) is 0. The van der Waals surface area contributed by atoms with Crippen molar-refractivity contribution in [1.82, 2.24) is 0 Å². The first kappa shape index (κ1) is 23.9. The van der Waals surface area contributed by atoms with Gasteiger partial charge in [-0.05, 0) is 18.3 Å². The van der Waals surface area contributed by atoms with Crippen molar-refractivity contribution in [3.05, 3.63) is 0 Å². The van der Waals surface area contributed by atoms with E-state index in [0.29, 0.717) is 0 Å². The molecule has 0 bridgehead atoms. The molecule has 0 rings (SSSR count). The zero-order valence-electron chi connectivity index (χ0n) is 11.7. The van der Waals surface area contributed by atoms with Gasteiger partial charge in [0.15, 0.2) is 0 Å². The molecule has 0 aromatic carbocycles. The van der Waals surface area contributed by atoms with Crippen molar-refractivity contribution in [2.45, 2.75) is 71.1 Å². The number of carboxylic acid groups (broad SMARTS) is 2. The van der Waals surface area contributed by atoms with E-state index < -0.39 is 6.16 Å². The third-order valence-electron chi connectivity index (χ3n) is 2.51. The Kier molecular flexibility index (Phi) is 30.6. The van der Waals surface area contributed by atoms with Crippen molar-refractivity contribution in [1.29, 1.82) is 0 Å². The van der Waals surface area contributed by atoms with E-state index >= 15 is 0 Å². The summed E-state index contributed by atoms with van der Waals surface area (Å²) in [6, 6.07) is 0. The minimum Gasteiger partial charge on any atom is -0.652 e. The molecule has 0 N–H and O–H groups in total. The van der Waals surface area contributed by atoms with Crippen molar-refractivity contribution in [2.24, 2.45) is 0 Å². The second-order valence-corrected chi connectivity index (χ2v) is 4.60. The van der Waals surface area contributed by atoms with Gasteiger partial charge >= 0.3 is 37.7 Å². The topological polar surface area (TPSA) is 63.2 Å². The van der Waals surface area contributed by atoms with Gasteiger partial charge in [0, 0.05) is 0 Å². The Bertz CT molecular complexity index is 143. The van der Waals surface area contributed by atoms with Crippen LogP contribution >= 0.6 is 12.6 Å². The molecule has 0 aliphatic rings. The monoisotopic (exact) mass is 302 g/mol. The van der Waals surface area contributed by atoms with E-state index in [1.165, 1.54) is 64.2 Å². The summed E-state index contributed by atoms with van der Waals surface area (Å²) in [5.74, 6) is 1.07. The maximum atomic E-state index is 8.33. The van der Waals surface area contributed by atoms with Crippen LogP contribution in [0.15, 0.2) is 0 Å². The first-order valence-corrected chi connectivity index (χ1v) is 7.27. The summed E-state index contributed by atoms with van der Waals surface area (Å²) in [7, 11) is 0. The molecule has 0 saturated carbocycles. The predicted molar refractivity (Wildman–Crippen MR) is 76.8 cm³/mol. The molecule has 104 valence electrons. The second-order valence-electron chi connectivity index (χ2n) is 4.16. The smallest absolute Gasteiger partial charge is 0.652 e. The standard InChI is InChI=1S/C12H26S.CH2O3.Ca/c1-2-3-4-5-6-7-8-9-10-11-12-13;2-1(3)4;/h13H,2-12H2,1H3;(H2,2,3,4);/q;;+2/p-2. The molecular formula is C13H26CaO3S. The maximum Gasteiger partial charge on any atom is 2.00 e. The number of unbranched alkanes of at least 4 members (excludes halogenated alkanes) is 9. The predicted octanol–water partition coefficient (Wildman–Crippen LogP) is 2.01. The molecule has 0 radical (unpaired) electrons. The Morgan fingerprint density at radius 1 is 0.833 bits per heavy atom. The quantitative estimate of drug-likeness (QED) is 0.381. The molecule has 0 amide bonds. The molecule has 5 heteroatoms. The number of rotatable bonds is 10. The maximum absolute atomic E-state index is 8.33. The van der Waals surface area contributed by atoms with Crippen LogP contribution in [0.4, 0.5) is 4.79 Å². The van der Waals surface area contributed by atoms with E-state index in [1.54, 1.807) is 0 Å². The van der Waals surface area contributed by atoms with Crippen molar-refractivity contribution < 1.29 is 15.0 Å². The Morgan fingerprint density at radius 2 is 1.11 bits per heavy atom. The van der Waals surface area contributed by atoms with Crippen LogP contribution in [0.5, 0.6) is 0 Å². The van der Waals surface area contributed by atoms with Crippen LogP contribution in [0, 0.1) is 0 Å². The number of hydrogen-bond acceptors (Lipinski definition) is 4. The van der Waals surface area contributed by atoms with Gasteiger partial charge in [0.2, 0.25) is 0 Å². The molecular weight excluding hydrogens is 276 g/mol. The zero-order chi connectivity index (χ0) is 13.4. The molecule has 0 aromatic rings. The fraction of sp³-hybridized carbons (Fsp3) is 0.923. The van der Waals surface area contributed by atoms with E-state index in [1.807, 2.05) is 0 Å². The Hall–Kier alpha value is 0.880. The summed E-state index contributed by atoms with van der Waals surface area (Å²) in [6.45, 7) is 2.28. The van der Waals surface area contributed by atoms with Gasteiger partial charge in [-0.3, -0.25) is 0 Å². The number of hydrogen-bond donors (Lipinski definition) is 1. The Morgan fingerprint density at radius 3 is 1.39 bits per heavy atom. The van der Waals surface area contributed by atoms with Crippen LogP contribution < -0.4 is 10.2 Å². The van der Waals surface area contributed by atoms with Crippen LogP contribution in [0.1, 0.15) is 71.1 Å². The third kappa shape index (κ3) is 36.0. The van der Waals surface area contributed by atoms with Crippen LogP contribution in [-0.4, -0.2) is 49.6 Å². The summed E-state index contributed by atoms with van der Waals surface area (Å²) in [6.07, 6.45) is 11.8. The van der Waals surface area contributed by atoms with E-state index in [4.69, 9.17) is 15.0 Å². The van der Waals surface area contributed by atoms with Crippen molar-refractivity contribution in [3.63, 3.8) is 0 Å². The minimum absolute atomic E-state index is 0. The van der Waals surface area contributed by atoms with Gasteiger partial charge in [-0.15, -0.1) is 0 Å². The first-order valence-electron chi connectivity index (χ1n) is 6.64. The molecule has 0 saturated heterocycles. The van der Waals surface area contributed by atoms with Crippen LogP contribution in [0.2, 0.25) is 0 Å². The van der Waals surface area contributed by atoms with Crippen molar-refractivity contribution in [3.8, 4) is 0 Å². The van der Waals surface area contributed by atoms with E-state index in [0.717, 1.165) is 5.75 Å². The number of carbonyl (C=O) groups excluding carboxylic acids is 1. The molecule has 0 atom stereocenters. The summed E-state index contributed by atoms with van der Waals surface area (Å²) in [4.78, 5) is 8.33. The number of carbonyl (C=O) groups is 1. The molecule has 0 heterocycles. The Labute approximate surface area is 147 Å². The summed E-state index contributed by atoms with van der Waals surface area (Å²) < 4.78 is 0. The normalized spacial score (nSPS) is 9.00. The van der Waals surface area contributed by atoms with Crippen molar-refractivity contribution >= 4 is 56.5 Å². The molecule has 0 spiro atoms. The Balaban J connectivity index is -0.000000392. The molecule has 0 aromatic heterocycles. The van der Waals surface area contributed by atoms with Crippen LogP contribution in [0.25, 0.3) is 0 Å². The van der Waals surface area contributed by atoms with E-state index in [2.05, 4.69) is 19.6 Å². The van der Waals surface area contributed by atoms with Gasteiger partial charge in [-0.25, -0.2) is 0 Å². The van der Waals surface area contributed by atoms with E-state index in [-0.39, 0.29) is 37.7 Å². The second kappa shape index (κ2) is 23.0. The SMILES string of the molecule is CCCCCCCCCCCCS.O=C([O-])[O-].[Ca+2]. The molecule has 18 heavy (non-hydrogen) atoms. The average Bonchev–Trinajstić information content (AvgIpc) is 2.26. The van der Waals surface area contributed by atoms with Crippen LogP contribution in [0.3, 0.4) is 0 Å². The largest absolute Gasteiger partial charge is 2.00 e. The summed E-state index contributed by atoms with van der Waals surface area (Å²) in [5, 5.41) is 16.7. The first-order chi connectivity index (χ1) is 8.15. The van der Waals surface area contributed by atoms with E-state index in [9.17, 15) is 0 Å². The molecule has 3 nitrogen and oxygen atoms in total. The number of thiol groups is 1. The third-order valence-corrected chi connectivity index (χ3v) is 2.83. The molecule has 0 aliphatic heterocycles. The fourth-order valence-electron chi connectivity index (χ4n) is 1.60. The van der Waals surface area contributed by atoms with Gasteiger partial charge in [0.05, 0.1) is 0 Å². The summed E-state index contributed by atoms with van der Waals surface area (Å²) >= 11 is 4.20. The van der Waals surface area contributed by atoms with Gasteiger partial charge in [0.25, 0.3) is 0 Å². The molecule has 0 unspecified atom stereocenters. The fourth-order valence-corrected chi connectivity index (χ4v) is 1.82.